The van der Waals surface area contributed by atoms with Crippen molar-refractivity contribution in [2.45, 2.75) is 24.9 Å². The molecule has 2 aliphatic rings. The van der Waals surface area contributed by atoms with Crippen LogP contribution < -0.4 is 15.4 Å². The fourth-order valence-electron chi connectivity index (χ4n) is 3.49. The second-order valence-electron chi connectivity index (χ2n) is 6.67. The first-order chi connectivity index (χ1) is 12.8. The molecule has 1 aromatic carbocycles. The topological polar surface area (TPSA) is 58.1 Å². The highest BCUT2D eigenvalue weighted by molar-refractivity contribution is 5.80. The molecule has 0 spiro atoms. The average Bonchev–Trinajstić information content (AvgIpc) is 3.21. The zero-order chi connectivity index (χ0) is 18.2. The highest BCUT2D eigenvalue weighted by Crippen LogP contribution is 2.23. The van der Waals surface area contributed by atoms with Crippen molar-refractivity contribution in [3.8, 4) is 5.75 Å². The van der Waals surface area contributed by atoms with E-state index in [1.165, 1.54) is 5.56 Å². The molecular formula is C20H30N4O2. The Bertz CT molecular complexity index is 601. The standard InChI is InChI=1S/C20H30N4O2/c1-21-20(23-17-5-3-4-6-17)22-15-19(24-11-13-26-14-12-24)16-7-9-18(25-2)10-8-16/h3-4,7-10,17,19H,5-6,11-15H2,1-2H3,(H2,21,22,23). The molecule has 2 N–H and O–H groups in total. The molecule has 1 fully saturated rings. The van der Waals surface area contributed by atoms with Crippen molar-refractivity contribution >= 4 is 5.96 Å². The van der Waals surface area contributed by atoms with Crippen molar-refractivity contribution in [2.24, 2.45) is 4.99 Å². The Kier molecular flexibility index (Phi) is 6.91. The van der Waals surface area contributed by atoms with E-state index in [0.29, 0.717) is 6.04 Å². The number of hydrogen-bond donors (Lipinski definition) is 2. The van der Waals surface area contributed by atoms with E-state index in [0.717, 1.165) is 57.4 Å². The fraction of sp³-hybridized carbons (Fsp3) is 0.550. The summed E-state index contributed by atoms with van der Waals surface area (Å²) >= 11 is 0. The molecular weight excluding hydrogens is 328 g/mol. The van der Waals surface area contributed by atoms with Gasteiger partial charge in [-0.1, -0.05) is 24.3 Å². The summed E-state index contributed by atoms with van der Waals surface area (Å²) in [5.41, 5.74) is 1.28. The fourth-order valence-corrected chi connectivity index (χ4v) is 3.49. The lowest BCUT2D eigenvalue weighted by molar-refractivity contribution is 0.0170. The van der Waals surface area contributed by atoms with Crippen molar-refractivity contribution in [3.05, 3.63) is 42.0 Å². The van der Waals surface area contributed by atoms with Gasteiger partial charge in [0.1, 0.15) is 5.75 Å². The average molecular weight is 358 g/mol. The van der Waals surface area contributed by atoms with E-state index in [4.69, 9.17) is 9.47 Å². The van der Waals surface area contributed by atoms with E-state index in [9.17, 15) is 0 Å². The summed E-state index contributed by atoms with van der Waals surface area (Å²) in [5.74, 6) is 1.75. The first-order valence-corrected chi connectivity index (χ1v) is 9.38. The molecule has 6 nitrogen and oxygen atoms in total. The maximum Gasteiger partial charge on any atom is 0.191 e. The van der Waals surface area contributed by atoms with Crippen molar-refractivity contribution < 1.29 is 9.47 Å². The second-order valence-corrected chi connectivity index (χ2v) is 6.67. The largest absolute Gasteiger partial charge is 0.497 e. The van der Waals surface area contributed by atoms with E-state index in [-0.39, 0.29) is 6.04 Å². The molecule has 26 heavy (non-hydrogen) atoms. The molecule has 0 bridgehead atoms. The second kappa shape index (κ2) is 9.59. The van der Waals surface area contributed by atoms with E-state index in [2.05, 4.69) is 44.8 Å². The highest BCUT2D eigenvalue weighted by Gasteiger charge is 2.23. The summed E-state index contributed by atoms with van der Waals surface area (Å²) in [6.45, 7) is 4.25. The summed E-state index contributed by atoms with van der Waals surface area (Å²) in [7, 11) is 3.53. The third-order valence-electron chi connectivity index (χ3n) is 5.02. The van der Waals surface area contributed by atoms with Crippen molar-refractivity contribution in [2.75, 3.05) is 47.0 Å². The molecule has 1 aliphatic heterocycles. The number of ether oxygens (including phenoxy) is 2. The zero-order valence-corrected chi connectivity index (χ0v) is 15.8. The maximum absolute atomic E-state index is 5.53. The number of morpholine rings is 1. The summed E-state index contributed by atoms with van der Waals surface area (Å²) in [4.78, 5) is 6.87. The van der Waals surface area contributed by atoms with Crippen LogP contribution in [0.5, 0.6) is 5.75 Å². The van der Waals surface area contributed by atoms with Gasteiger partial charge in [0.2, 0.25) is 0 Å². The van der Waals surface area contributed by atoms with Crippen LogP contribution in [0.25, 0.3) is 0 Å². The first kappa shape index (κ1) is 18.7. The SMILES string of the molecule is CN=C(NCC(c1ccc(OC)cc1)N1CCOCC1)NC1CC=CC1. The summed E-state index contributed by atoms with van der Waals surface area (Å²) in [6.07, 6.45) is 6.57. The number of nitrogens with one attached hydrogen (secondary N) is 2. The first-order valence-electron chi connectivity index (χ1n) is 9.38. The number of guanidine groups is 1. The molecule has 142 valence electrons. The molecule has 3 rings (SSSR count). The normalized spacial score (nSPS) is 20.2. The van der Waals surface area contributed by atoms with Gasteiger partial charge in [-0.25, -0.2) is 0 Å². The van der Waals surface area contributed by atoms with Crippen LogP contribution in [0.3, 0.4) is 0 Å². The van der Waals surface area contributed by atoms with Gasteiger partial charge in [0.05, 0.1) is 26.4 Å². The van der Waals surface area contributed by atoms with Gasteiger partial charge < -0.3 is 20.1 Å². The molecule has 1 saturated heterocycles. The van der Waals surface area contributed by atoms with Gasteiger partial charge in [0.15, 0.2) is 5.96 Å². The van der Waals surface area contributed by atoms with Crippen molar-refractivity contribution in [1.82, 2.24) is 15.5 Å². The molecule has 1 atom stereocenters. The quantitative estimate of drug-likeness (QED) is 0.462. The van der Waals surface area contributed by atoms with Crippen LogP contribution in [-0.2, 0) is 4.74 Å². The molecule has 1 heterocycles. The number of hydrogen-bond acceptors (Lipinski definition) is 4. The Morgan fingerprint density at radius 2 is 1.92 bits per heavy atom. The molecule has 1 aliphatic carbocycles. The molecule has 0 radical (unpaired) electrons. The van der Waals surface area contributed by atoms with Gasteiger partial charge in [0, 0.05) is 32.7 Å². The van der Waals surface area contributed by atoms with Crippen LogP contribution in [0.2, 0.25) is 0 Å². The van der Waals surface area contributed by atoms with Gasteiger partial charge in [-0.05, 0) is 30.5 Å². The number of nitrogens with zero attached hydrogens (tertiary/aromatic N) is 2. The number of methoxy groups -OCH3 is 1. The van der Waals surface area contributed by atoms with Gasteiger partial charge in [0.25, 0.3) is 0 Å². The molecule has 0 saturated carbocycles. The van der Waals surface area contributed by atoms with Crippen LogP contribution in [0, 0.1) is 0 Å². The molecule has 1 unspecified atom stereocenters. The van der Waals surface area contributed by atoms with E-state index in [1.54, 1.807) is 7.11 Å². The molecule has 0 aromatic heterocycles. The molecule has 0 amide bonds. The smallest absolute Gasteiger partial charge is 0.191 e. The minimum Gasteiger partial charge on any atom is -0.497 e. The van der Waals surface area contributed by atoms with Gasteiger partial charge in [-0.3, -0.25) is 9.89 Å². The van der Waals surface area contributed by atoms with Gasteiger partial charge in [-0.15, -0.1) is 0 Å². The number of aliphatic imine (C=N–C) groups is 1. The van der Waals surface area contributed by atoms with Crippen molar-refractivity contribution in [3.63, 3.8) is 0 Å². The van der Waals surface area contributed by atoms with E-state index < -0.39 is 0 Å². The molecule has 6 heteroatoms. The molecule has 1 aromatic rings. The van der Waals surface area contributed by atoms with E-state index in [1.807, 2.05) is 19.2 Å². The van der Waals surface area contributed by atoms with Crippen LogP contribution in [-0.4, -0.2) is 63.9 Å². The zero-order valence-electron chi connectivity index (χ0n) is 15.8. The lowest BCUT2D eigenvalue weighted by Gasteiger charge is -2.35. The Hall–Kier alpha value is -2.05. The summed E-state index contributed by atoms with van der Waals surface area (Å²) in [5, 5.41) is 7.02. The van der Waals surface area contributed by atoms with Crippen molar-refractivity contribution in [1.29, 1.82) is 0 Å². The predicted octanol–water partition coefficient (Wildman–Crippen LogP) is 1.95. The summed E-state index contributed by atoms with van der Waals surface area (Å²) < 4.78 is 10.8. The predicted molar refractivity (Wildman–Crippen MR) is 105 cm³/mol. The minimum atomic E-state index is 0.269. The van der Waals surface area contributed by atoms with Gasteiger partial charge in [-0.2, -0.15) is 0 Å². The minimum absolute atomic E-state index is 0.269. The maximum atomic E-state index is 5.53. The Morgan fingerprint density at radius 3 is 2.54 bits per heavy atom. The highest BCUT2D eigenvalue weighted by atomic mass is 16.5. The Balaban J connectivity index is 1.65. The monoisotopic (exact) mass is 358 g/mol. The van der Waals surface area contributed by atoms with Gasteiger partial charge >= 0.3 is 0 Å². The number of rotatable bonds is 6. The lowest BCUT2D eigenvalue weighted by atomic mass is 10.0. The lowest BCUT2D eigenvalue weighted by Crippen LogP contribution is -2.48. The van der Waals surface area contributed by atoms with Crippen LogP contribution in [0.15, 0.2) is 41.4 Å². The summed E-state index contributed by atoms with van der Waals surface area (Å²) in [6, 6.07) is 9.07. The van der Waals surface area contributed by atoms with Crippen LogP contribution in [0.1, 0.15) is 24.4 Å². The Morgan fingerprint density at radius 1 is 1.23 bits per heavy atom. The number of benzene rings is 1. The third-order valence-corrected chi connectivity index (χ3v) is 5.02. The third kappa shape index (κ3) is 4.99. The van der Waals surface area contributed by atoms with Crippen LogP contribution >= 0.6 is 0 Å². The Labute approximate surface area is 156 Å². The van der Waals surface area contributed by atoms with Crippen LogP contribution in [0.4, 0.5) is 0 Å². The van der Waals surface area contributed by atoms with E-state index >= 15 is 0 Å².